The van der Waals surface area contributed by atoms with E-state index in [1.807, 2.05) is 0 Å². The minimum atomic E-state index is -1.09. The maximum absolute atomic E-state index is 12.0. The van der Waals surface area contributed by atoms with Crippen molar-refractivity contribution in [2.75, 3.05) is 32.1 Å². The number of rotatable bonds is 6. The zero-order valence-electron chi connectivity index (χ0n) is 10.7. The molecule has 1 aromatic rings. The Balaban J connectivity index is 2.76. The van der Waals surface area contributed by atoms with E-state index >= 15 is 0 Å². The van der Waals surface area contributed by atoms with Crippen LogP contribution >= 0.6 is 34.2 Å². The van der Waals surface area contributed by atoms with Gasteiger partial charge in [0, 0.05) is 17.2 Å². The summed E-state index contributed by atoms with van der Waals surface area (Å²) in [5.41, 5.74) is 0.435. The van der Waals surface area contributed by atoms with Crippen molar-refractivity contribution < 1.29 is 19.4 Å². The van der Waals surface area contributed by atoms with Crippen LogP contribution in [0.1, 0.15) is 0 Å². The Labute approximate surface area is 135 Å². The number of carbonyl (C=O) groups excluding carboxylic acids is 1. The molecule has 0 aliphatic carbocycles. The Morgan fingerprint density at radius 2 is 2.20 bits per heavy atom. The molecule has 0 spiro atoms. The lowest BCUT2D eigenvalue weighted by Gasteiger charge is -2.21. The van der Waals surface area contributed by atoms with Crippen LogP contribution in [0.2, 0.25) is 5.02 Å². The quantitative estimate of drug-likeness (QED) is 0.704. The molecular weight excluding hydrogens is 398 g/mol. The number of anilines is 1. The van der Waals surface area contributed by atoms with Gasteiger partial charge in [0.25, 0.3) is 0 Å². The fourth-order valence-corrected chi connectivity index (χ4v) is 2.31. The first-order chi connectivity index (χ1) is 9.43. The molecule has 0 aromatic heterocycles. The number of nitrogens with one attached hydrogen (secondary N) is 1. The van der Waals surface area contributed by atoms with E-state index in [4.69, 9.17) is 21.4 Å². The average Bonchev–Trinajstić information content (AvgIpc) is 2.37. The summed E-state index contributed by atoms with van der Waals surface area (Å²) in [7, 11) is 1.48. The largest absolute Gasteiger partial charge is 0.480 e. The molecule has 0 aliphatic heterocycles. The van der Waals surface area contributed by atoms with Crippen LogP contribution in [-0.4, -0.2) is 48.8 Å². The summed E-state index contributed by atoms with van der Waals surface area (Å²) in [6.07, 6.45) is 0. The predicted octanol–water partition coefficient (Wildman–Crippen LogP) is 2.51. The third-order valence-corrected chi connectivity index (χ3v) is 3.34. The highest BCUT2D eigenvalue weighted by molar-refractivity contribution is 14.1. The number of methoxy groups -OCH3 is 1. The van der Waals surface area contributed by atoms with Crippen molar-refractivity contribution in [2.24, 2.45) is 0 Å². The maximum Gasteiger partial charge on any atom is 0.323 e. The number of aliphatic carboxylic acids is 1. The van der Waals surface area contributed by atoms with Crippen molar-refractivity contribution in [3.63, 3.8) is 0 Å². The fourth-order valence-electron chi connectivity index (χ4n) is 1.40. The molecule has 2 N–H and O–H groups in total. The Bertz CT molecular complexity index is 498. The van der Waals surface area contributed by atoms with Gasteiger partial charge in [0.1, 0.15) is 6.54 Å². The summed E-state index contributed by atoms with van der Waals surface area (Å²) in [5, 5.41) is 11.8. The lowest BCUT2D eigenvalue weighted by molar-refractivity contribution is -0.137. The summed E-state index contributed by atoms with van der Waals surface area (Å²) >= 11 is 8.11. The van der Waals surface area contributed by atoms with Crippen LogP contribution < -0.4 is 5.32 Å². The Kier molecular flexibility index (Phi) is 7.03. The van der Waals surface area contributed by atoms with Gasteiger partial charge in [0.2, 0.25) is 0 Å². The second kappa shape index (κ2) is 8.28. The molecule has 8 heteroatoms. The monoisotopic (exact) mass is 412 g/mol. The van der Waals surface area contributed by atoms with Gasteiger partial charge in [-0.05, 0) is 40.8 Å². The highest BCUT2D eigenvalue weighted by Crippen LogP contribution is 2.24. The Morgan fingerprint density at radius 3 is 2.75 bits per heavy atom. The molecule has 0 fully saturated rings. The molecule has 110 valence electrons. The number of nitrogens with zero attached hydrogens (tertiary/aromatic N) is 1. The van der Waals surface area contributed by atoms with Crippen LogP contribution in [-0.2, 0) is 9.53 Å². The third-order valence-electron chi connectivity index (χ3n) is 2.35. The van der Waals surface area contributed by atoms with E-state index in [0.717, 1.165) is 8.47 Å². The van der Waals surface area contributed by atoms with Gasteiger partial charge in [0.15, 0.2) is 0 Å². The van der Waals surface area contributed by atoms with Crippen molar-refractivity contribution >= 4 is 51.9 Å². The number of amides is 2. The molecule has 0 atom stereocenters. The summed E-state index contributed by atoms with van der Waals surface area (Å²) in [6, 6.07) is 4.62. The first-order valence-corrected chi connectivity index (χ1v) is 7.11. The zero-order chi connectivity index (χ0) is 15.1. The van der Waals surface area contributed by atoms with Crippen molar-refractivity contribution in [1.82, 2.24) is 4.90 Å². The molecule has 0 radical (unpaired) electrons. The van der Waals surface area contributed by atoms with Crippen molar-refractivity contribution in [2.45, 2.75) is 0 Å². The number of hydrogen-bond acceptors (Lipinski definition) is 3. The number of urea groups is 1. The molecule has 20 heavy (non-hydrogen) atoms. The van der Waals surface area contributed by atoms with E-state index in [0.29, 0.717) is 10.7 Å². The van der Waals surface area contributed by atoms with E-state index in [9.17, 15) is 9.59 Å². The van der Waals surface area contributed by atoms with E-state index < -0.39 is 18.5 Å². The smallest absolute Gasteiger partial charge is 0.323 e. The number of benzene rings is 1. The summed E-state index contributed by atoms with van der Waals surface area (Å²) in [6.45, 7) is 0.0227. The van der Waals surface area contributed by atoms with Gasteiger partial charge < -0.3 is 20.1 Å². The van der Waals surface area contributed by atoms with Crippen LogP contribution in [0.25, 0.3) is 0 Å². The SMILES string of the molecule is COCCN(CC(=O)O)C(=O)Nc1ccc(I)cc1Cl. The average molecular weight is 413 g/mol. The van der Waals surface area contributed by atoms with Gasteiger partial charge in [-0.15, -0.1) is 0 Å². The van der Waals surface area contributed by atoms with Gasteiger partial charge in [-0.25, -0.2) is 4.79 Å². The first kappa shape index (κ1) is 17.0. The molecule has 0 unspecified atom stereocenters. The molecular formula is C12H14ClIN2O4. The molecule has 0 saturated carbocycles. The van der Waals surface area contributed by atoms with Crippen LogP contribution in [0.3, 0.4) is 0 Å². The lowest BCUT2D eigenvalue weighted by atomic mass is 10.3. The van der Waals surface area contributed by atoms with E-state index in [1.165, 1.54) is 7.11 Å². The normalized spacial score (nSPS) is 10.2. The van der Waals surface area contributed by atoms with Gasteiger partial charge in [-0.1, -0.05) is 11.6 Å². The molecule has 0 heterocycles. The molecule has 0 saturated heterocycles. The van der Waals surface area contributed by atoms with Gasteiger partial charge in [-0.2, -0.15) is 0 Å². The first-order valence-electron chi connectivity index (χ1n) is 5.65. The number of hydrogen-bond donors (Lipinski definition) is 2. The van der Waals surface area contributed by atoms with E-state index in [1.54, 1.807) is 18.2 Å². The van der Waals surface area contributed by atoms with E-state index in [-0.39, 0.29) is 13.2 Å². The molecule has 1 aromatic carbocycles. The van der Waals surface area contributed by atoms with Crippen LogP contribution in [0, 0.1) is 3.57 Å². The van der Waals surface area contributed by atoms with Crippen molar-refractivity contribution in [3.05, 3.63) is 26.8 Å². The summed E-state index contributed by atoms with van der Waals surface area (Å²) in [5.74, 6) is -1.09. The minimum Gasteiger partial charge on any atom is -0.480 e. The lowest BCUT2D eigenvalue weighted by Crippen LogP contribution is -2.40. The molecule has 1 rings (SSSR count). The highest BCUT2D eigenvalue weighted by atomic mass is 127. The van der Waals surface area contributed by atoms with Crippen molar-refractivity contribution in [3.8, 4) is 0 Å². The Morgan fingerprint density at radius 1 is 1.50 bits per heavy atom. The number of carboxylic acid groups (broad SMARTS) is 1. The Hall–Kier alpha value is -1.06. The summed E-state index contributed by atoms with van der Waals surface area (Å²) in [4.78, 5) is 23.9. The minimum absolute atomic E-state index is 0.177. The second-order valence-electron chi connectivity index (χ2n) is 3.86. The number of halogens is 2. The van der Waals surface area contributed by atoms with Crippen LogP contribution in [0.4, 0.5) is 10.5 Å². The van der Waals surface area contributed by atoms with Gasteiger partial charge in [0.05, 0.1) is 17.3 Å². The molecule has 2 amide bonds. The van der Waals surface area contributed by atoms with Crippen LogP contribution in [0.5, 0.6) is 0 Å². The number of carbonyl (C=O) groups is 2. The number of carboxylic acids is 1. The molecule has 6 nitrogen and oxygen atoms in total. The second-order valence-corrected chi connectivity index (χ2v) is 5.52. The molecule has 0 aliphatic rings. The fraction of sp³-hybridized carbons (Fsp3) is 0.333. The van der Waals surface area contributed by atoms with Gasteiger partial charge in [-0.3, -0.25) is 4.79 Å². The topological polar surface area (TPSA) is 78.9 Å². The highest BCUT2D eigenvalue weighted by Gasteiger charge is 2.17. The van der Waals surface area contributed by atoms with Gasteiger partial charge >= 0.3 is 12.0 Å². The maximum atomic E-state index is 12.0. The molecule has 0 bridgehead atoms. The standard InChI is InChI=1S/C12H14ClIN2O4/c1-20-5-4-16(7-11(17)18)12(19)15-10-3-2-8(14)6-9(10)13/h2-3,6H,4-5,7H2,1H3,(H,15,19)(H,17,18). The van der Waals surface area contributed by atoms with E-state index in [2.05, 4.69) is 27.9 Å². The zero-order valence-corrected chi connectivity index (χ0v) is 13.6. The number of ether oxygens (including phenoxy) is 1. The van der Waals surface area contributed by atoms with Crippen LogP contribution in [0.15, 0.2) is 18.2 Å². The summed E-state index contributed by atoms with van der Waals surface area (Å²) < 4.78 is 5.79. The van der Waals surface area contributed by atoms with Crippen molar-refractivity contribution in [1.29, 1.82) is 0 Å². The predicted molar refractivity (Wildman–Crippen MR) is 84.3 cm³/mol. The third kappa shape index (κ3) is 5.51.